The molecule has 1 aromatic rings. The Morgan fingerprint density at radius 1 is 1.31 bits per heavy atom. The molecule has 5 heteroatoms. The Morgan fingerprint density at radius 3 is 2.69 bits per heavy atom. The van der Waals surface area contributed by atoms with Crippen LogP contribution < -0.4 is 4.74 Å². The summed E-state index contributed by atoms with van der Waals surface area (Å²) in [6, 6.07) is 3.73. The molecule has 0 atom stereocenters. The lowest BCUT2D eigenvalue weighted by atomic mass is 10.2. The SMILES string of the molecule is COCCOCOc1c(C)cc(Br)cc1Cl. The molecule has 0 unspecified atom stereocenters. The average Bonchev–Trinajstić information content (AvgIpc) is 2.20. The van der Waals surface area contributed by atoms with E-state index in [9.17, 15) is 0 Å². The van der Waals surface area contributed by atoms with E-state index in [0.717, 1.165) is 10.0 Å². The molecule has 0 heterocycles. The third-order valence-electron chi connectivity index (χ3n) is 1.91. The Morgan fingerprint density at radius 2 is 2.06 bits per heavy atom. The summed E-state index contributed by atoms with van der Waals surface area (Å²) in [6.45, 7) is 3.16. The highest BCUT2D eigenvalue weighted by atomic mass is 79.9. The predicted octanol–water partition coefficient (Wildman–Crippen LogP) is 3.41. The molecule has 0 saturated carbocycles. The predicted molar refractivity (Wildman–Crippen MR) is 67.2 cm³/mol. The number of hydrogen-bond acceptors (Lipinski definition) is 3. The van der Waals surface area contributed by atoms with Crippen molar-refractivity contribution in [3.05, 3.63) is 27.2 Å². The topological polar surface area (TPSA) is 27.7 Å². The summed E-state index contributed by atoms with van der Waals surface area (Å²) in [7, 11) is 1.62. The summed E-state index contributed by atoms with van der Waals surface area (Å²) in [5.41, 5.74) is 0.967. The van der Waals surface area contributed by atoms with Gasteiger partial charge in [-0.15, -0.1) is 0 Å². The molecule has 0 amide bonds. The van der Waals surface area contributed by atoms with Gasteiger partial charge in [0.1, 0.15) is 5.75 Å². The first-order chi connectivity index (χ1) is 7.65. The minimum Gasteiger partial charge on any atom is -0.466 e. The number of hydrogen-bond donors (Lipinski definition) is 0. The molecule has 0 aromatic heterocycles. The van der Waals surface area contributed by atoms with Crippen LogP contribution in [-0.4, -0.2) is 27.1 Å². The number of ether oxygens (including phenoxy) is 3. The fourth-order valence-corrected chi connectivity index (χ4v) is 2.20. The van der Waals surface area contributed by atoms with Gasteiger partial charge in [0.2, 0.25) is 0 Å². The number of rotatable bonds is 6. The molecule has 1 rings (SSSR count). The summed E-state index contributed by atoms with van der Waals surface area (Å²) in [5, 5.41) is 0.571. The fraction of sp³-hybridized carbons (Fsp3) is 0.455. The van der Waals surface area contributed by atoms with E-state index in [4.69, 9.17) is 25.8 Å². The normalized spacial score (nSPS) is 10.5. The van der Waals surface area contributed by atoms with E-state index < -0.39 is 0 Å². The second kappa shape index (κ2) is 7.12. The van der Waals surface area contributed by atoms with Gasteiger partial charge in [-0.3, -0.25) is 0 Å². The van der Waals surface area contributed by atoms with E-state index in [2.05, 4.69) is 15.9 Å². The summed E-state index contributed by atoms with van der Waals surface area (Å²) in [5.74, 6) is 0.655. The van der Waals surface area contributed by atoms with E-state index in [1.54, 1.807) is 13.2 Å². The van der Waals surface area contributed by atoms with Gasteiger partial charge in [-0.25, -0.2) is 0 Å². The summed E-state index contributed by atoms with van der Waals surface area (Å²) < 4.78 is 16.4. The standard InChI is InChI=1S/C11H14BrClO3/c1-8-5-9(12)6-10(13)11(8)16-7-15-4-3-14-2/h5-6H,3-4,7H2,1-2H3. The van der Waals surface area contributed by atoms with Crippen molar-refractivity contribution in [2.24, 2.45) is 0 Å². The second-order valence-electron chi connectivity index (χ2n) is 3.20. The zero-order valence-electron chi connectivity index (χ0n) is 9.26. The third-order valence-corrected chi connectivity index (χ3v) is 2.65. The van der Waals surface area contributed by atoms with E-state index in [-0.39, 0.29) is 6.79 Å². The average molecular weight is 310 g/mol. The number of methoxy groups -OCH3 is 1. The van der Waals surface area contributed by atoms with Crippen molar-refractivity contribution in [2.75, 3.05) is 27.1 Å². The van der Waals surface area contributed by atoms with Crippen LogP contribution in [-0.2, 0) is 9.47 Å². The van der Waals surface area contributed by atoms with Gasteiger partial charge >= 0.3 is 0 Å². The van der Waals surface area contributed by atoms with Gasteiger partial charge in [0.25, 0.3) is 0 Å². The molecule has 0 saturated heterocycles. The lowest BCUT2D eigenvalue weighted by molar-refractivity contribution is -0.00871. The van der Waals surface area contributed by atoms with E-state index in [1.807, 2.05) is 13.0 Å². The molecular formula is C11H14BrClO3. The van der Waals surface area contributed by atoms with Crippen LogP contribution in [0.15, 0.2) is 16.6 Å². The van der Waals surface area contributed by atoms with Crippen molar-refractivity contribution in [3.8, 4) is 5.75 Å². The van der Waals surface area contributed by atoms with Crippen LogP contribution in [0.2, 0.25) is 5.02 Å². The third kappa shape index (κ3) is 4.29. The van der Waals surface area contributed by atoms with Crippen LogP contribution in [0.25, 0.3) is 0 Å². The van der Waals surface area contributed by atoms with Crippen molar-refractivity contribution in [1.82, 2.24) is 0 Å². The Labute approximate surface area is 109 Å². The first kappa shape index (κ1) is 13.8. The Balaban J connectivity index is 2.47. The highest BCUT2D eigenvalue weighted by Crippen LogP contribution is 2.31. The van der Waals surface area contributed by atoms with Crippen molar-refractivity contribution in [2.45, 2.75) is 6.92 Å². The van der Waals surface area contributed by atoms with Crippen molar-refractivity contribution >= 4 is 27.5 Å². The van der Waals surface area contributed by atoms with Crippen LogP contribution in [0, 0.1) is 6.92 Å². The molecule has 0 fully saturated rings. The van der Waals surface area contributed by atoms with Gasteiger partial charge in [-0.2, -0.15) is 0 Å². The molecule has 0 bridgehead atoms. The summed E-state index contributed by atoms with van der Waals surface area (Å²) in [4.78, 5) is 0. The van der Waals surface area contributed by atoms with Gasteiger partial charge in [0.05, 0.1) is 18.2 Å². The molecule has 0 radical (unpaired) electrons. The fourth-order valence-electron chi connectivity index (χ4n) is 1.17. The van der Waals surface area contributed by atoms with E-state index >= 15 is 0 Å². The van der Waals surface area contributed by atoms with E-state index in [0.29, 0.717) is 24.0 Å². The number of aryl methyl sites for hydroxylation is 1. The molecule has 3 nitrogen and oxygen atoms in total. The Bertz CT molecular complexity index is 321. The molecule has 0 N–H and O–H groups in total. The van der Waals surface area contributed by atoms with Crippen molar-refractivity contribution in [3.63, 3.8) is 0 Å². The summed E-state index contributed by atoms with van der Waals surface area (Å²) in [6.07, 6.45) is 0. The monoisotopic (exact) mass is 308 g/mol. The molecule has 0 spiro atoms. The van der Waals surface area contributed by atoms with Crippen molar-refractivity contribution in [1.29, 1.82) is 0 Å². The van der Waals surface area contributed by atoms with Gasteiger partial charge in [0, 0.05) is 11.6 Å². The minimum atomic E-state index is 0.172. The quantitative estimate of drug-likeness (QED) is 0.595. The van der Waals surface area contributed by atoms with Gasteiger partial charge in [0.15, 0.2) is 6.79 Å². The van der Waals surface area contributed by atoms with Gasteiger partial charge in [-0.05, 0) is 24.6 Å². The molecule has 16 heavy (non-hydrogen) atoms. The highest BCUT2D eigenvalue weighted by molar-refractivity contribution is 9.10. The van der Waals surface area contributed by atoms with Gasteiger partial charge in [-0.1, -0.05) is 27.5 Å². The zero-order valence-corrected chi connectivity index (χ0v) is 11.6. The maximum absolute atomic E-state index is 6.04. The first-order valence-electron chi connectivity index (χ1n) is 4.80. The van der Waals surface area contributed by atoms with Crippen LogP contribution >= 0.6 is 27.5 Å². The second-order valence-corrected chi connectivity index (χ2v) is 4.52. The lowest BCUT2D eigenvalue weighted by Crippen LogP contribution is -2.08. The lowest BCUT2D eigenvalue weighted by Gasteiger charge is -2.11. The Kier molecular flexibility index (Phi) is 6.13. The number of halogens is 2. The molecule has 0 aliphatic heterocycles. The van der Waals surface area contributed by atoms with Crippen LogP contribution in [0.1, 0.15) is 5.56 Å². The molecular weight excluding hydrogens is 295 g/mol. The van der Waals surface area contributed by atoms with Crippen LogP contribution in [0.4, 0.5) is 0 Å². The first-order valence-corrected chi connectivity index (χ1v) is 5.97. The minimum absolute atomic E-state index is 0.172. The molecule has 1 aromatic carbocycles. The Hall–Kier alpha value is -0.290. The van der Waals surface area contributed by atoms with Crippen molar-refractivity contribution < 1.29 is 14.2 Å². The van der Waals surface area contributed by atoms with E-state index in [1.165, 1.54) is 0 Å². The largest absolute Gasteiger partial charge is 0.466 e. The van der Waals surface area contributed by atoms with Crippen LogP contribution in [0.3, 0.4) is 0 Å². The zero-order chi connectivity index (χ0) is 12.0. The maximum atomic E-state index is 6.04. The van der Waals surface area contributed by atoms with Gasteiger partial charge < -0.3 is 14.2 Å². The van der Waals surface area contributed by atoms with Crippen LogP contribution in [0.5, 0.6) is 5.75 Å². The maximum Gasteiger partial charge on any atom is 0.189 e. The molecule has 0 aliphatic carbocycles. The smallest absolute Gasteiger partial charge is 0.189 e. The number of benzene rings is 1. The highest BCUT2D eigenvalue weighted by Gasteiger charge is 2.06. The summed E-state index contributed by atoms with van der Waals surface area (Å²) >= 11 is 9.40. The molecule has 90 valence electrons. The molecule has 0 aliphatic rings.